The van der Waals surface area contributed by atoms with Crippen LogP contribution >= 0.6 is 0 Å². The third-order valence-corrected chi connectivity index (χ3v) is 4.49. The Morgan fingerprint density at radius 2 is 1.79 bits per heavy atom. The first-order valence-electron chi connectivity index (χ1n) is 7.93. The van der Waals surface area contributed by atoms with Crippen LogP contribution in [-0.2, 0) is 4.79 Å². The Morgan fingerprint density at radius 3 is 2.50 bits per heavy atom. The number of rotatable bonds is 3. The SMILES string of the molecule is CNC(=O)CN1c2ccccc2C(=O)N(C)[C@@H]1c1ccccc1C. The molecule has 3 rings (SSSR count). The summed E-state index contributed by atoms with van der Waals surface area (Å²) in [6.45, 7) is 2.20. The number of amides is 2. The predicted molar refractivity (Wildman–Crippen MR) is 93.9 cm³/mol. The third kappa shape index (κ3) is 2.62. The number of nitrogens with zero attached hydrogens (tertiary/aromatic N) is 2. The molecule has 1 N–H and O–H groups in total. The van der Waals surface area contributed by atoms with Crippen LogP contribution in [0.15, 0.2) is 48.5 Å². The molecule has 0 bridgehead atoms. The summed E-state index contributed by atoms with van der Waals surface area (Å²) in [6.07, 6.45) is -0.314. The van der Waals surface area contributed by atoms with E-state index in [0.29, 0.717) is 5.56 Å². The minimum atomic E-state index is -0.314. The van der Waals surface area contributed by atoms with Crippen molar-refractivity contribution in [3.63, 3.8) is 0 Å². The molecule has 5 heteroatoms. The fraction of sp³-hybridized carbons (Fsp3) is 0.263. The monoisotopic (exact) mass is 323 g/mol. The average Bonchev–Trinajstić information content (AvgIpc) is 2.60. The number of carbonyl (C=O) groups excluding carboxylic acids is 2. The summed E-state index contributed by atoms with van der Waals surface area (Å²) in [5.41, 5.74) is 3.52. The van der Waals surface area contributed by atoms with Crippen LogP contribution in [0.4, 0.5) is 5.69 Å². The highest BCUT2D eigenvalue weighted by Crippen LogP contribution is 2.38. The van der Waals surface area contributed by atoms with Crippen LogP contribution in [0.5, 0.6) is 0 Å². The van der Waals surface area contributed by atoms with Crippen LogP contribution in [-0.4, -0.2) is 37.4 Å². The van der Waals surface area contributed by atoms with E-state index >= 15 is 0 Å². The molecular formula is C19H21N3O2. The number of hydrogen-bond donors (Lipinski definition) is 1. The lowest BCUT2D eigenvalue weighted by molar-refractivity contribution is -0.119. The minimum Gasteiger partial charge on any atom is -0.358 e. The summed E-state index contributed by atoms with van der Waals surface area (Å²) in [6, 6.07) is 15.4. The lowest BCUT2D eigenvalue weighted by Gasteiger charge is -2.44. The minimum absolute atomic E-state index is 0.0352. The number of para-hydroxylation sites is 1. The molecule has 1 heterocycles. The van der Waals surface area contributed by atoms with E-state index in [1.807, 2.05) is 54.3 Å². The normalized spacial score (nSPS) is 16.8. The van der Waals surface area contributed by atoms with Crippen LogP contribution in [0.25, 0.3) is 0 Å². The highest BCUT2D eigenvalue weighted by atomic mass is 16.2. The number of benzene rings is 2. The standard InChI is InChI=1S/C19H21N3O2/c1-13-8-4-5-9-14(13)18-21(3)19(24)15-10-6-7-11-16(15)22(18)12-17(23)20-2/h4-11,18H,12H2,1-3H3,(H,20,23)/t18-/m0/s1. The zero-order valence-electron chi connectivity index (χ0n) is 14.1. The Kier molecular flexibility index (Phi) is 4.25. The number of likely N-dealkylation sites (N-methyl/N-ethyl adjacent to an activating group) is 1. The summed E-state index contributed by atoms with van der Waals surface area (Å²) in [5.74, 6) is -0.127. The van der Waals surface area contributed by atoms with Gasteiger partial charge in [0.1, 0.15) is 6.17 Å². The van der Waals surface area contributed by atoms with Crippen molar-refractivity contribution in [1.82, 2.24) is 10.2 Å². The van der Waals surface area contributed by atoms with Crippen molar-refractivity contribution >= 4 is 17.5 Å². The van der Waals surface area contributed by atoms with E-state index in [9.17, 15) is 9.59 Å². The zero-order chi connectivity index (χ0) is 17.3. The number of aryl methyl sites for hydroxylation is 1. The average molecular weight is 323 g/mol. The third-order valence-electron chi connectivity index (χ3n) is 4.49. The maximum absolute atomic E-state index is 12.8. The topological polar surface area (TPSA) is 52.7 Å². The predicted octanol–water partition coefficient (Wildman–Crippen LogP) is 2.33. The number of fused-ring (bicyclic) bond motifs is 1. The lowest BCUT2D eigenvalue weighted by atomic mass is 9.98. The van der Waals surface area contributed by atoms with Crippen LogP contribution in [0.2, 0.25) is 0 Å². The van der Waals surface area contributed by atoms with E-state index in [2.05, 4.69) is 5.32 Å². The summed E-state index contributed by atoms with van der Waals surface area (Å²) in [7, 11) is 3.40. The molecule has 1 aliphatic rings. The van der Waals surface area contributed by atoms with E-state index in [4.69, 9.17) is 0 Å². The smallest absolute Gasteiger partial charge is 0.257 e. The van der Waals surface area contributed by atoms with Gasteiger partial charge in [-0.25, -0.2) is 0 Å². The molecule has 24 heavy (non-hydrogen) atoms. The molecule has 2 aromatic carbocycles. The molecule has 0 spiro atoms. The molecule has 0 unspecified atom stereocenters. The summed E-state index contributed by atoms with van der Waals surface area (Å²) < 4.78 is 0. The van der Waals surface area contributed by atoms with Gasteiger partial charge in [-0.3, -0.25) is 9.59 Å². The number of anilines is 1. The van der Waals surface area contributed by atoms with Gasteiger partial charge < -0.3 is 15.1 Å². The van der Waals surface area contributed by atoms with Crippen LogP contribution in [0, 0.1) is 6.92 Å². The second-order valence-electron chi connectivity index (χ2n) is 5.96. The molecule has 1 aliphatic heterocycles. The van der Waals surface area contributed by atoms with Gasteiger partial charge in [0.25, 0.3) is 5.91 Å². The molecule has 0 aliphatic carbocycles. The van der Waals surface area contributed by atoms with Gasteiger partial charge in [-0.05, 0) is 30.2 Å². The van der Waals surface area contributed by atoms with Crippen molar-refractivity contribution in [3.05, 3.63) is 65.2 Å². The van der Waals surface area contributed by atoms with Crippen molar-refractivity contribution < 1.29 is 9.59 Å². The molecule has 124 valence electrons. The molecule has 0 saturated heterocycles. The molecular weight excluding hydrogens is 302 g/mol. The number of carbonyl (C=O) groups is 2. The fourth-order valence-corrected chi connectivity index (χ4v) is 3.21. The maximum Gasteiger partial charge on any atom is 0.257 e. The van der Waals surface area contributed by atoms with E-state index in [-0.39, 0.29) is 24.5 Å². The van der Waals surface area contributed by atoms with Gasteiger partial charge in [-0.1, -0.05) is 36.4 Å². The molecule has 2 aromatic rings. The van der Waals surface area contributed by atoms with Gasteiger partial charge in [-0.15, -0.1) is 0 Å². The van der Waals surface area contributed by atoms with E-state index < -0.39 is 0 Å². The Bertz CT molecular complexity index is 788. The van der Waals surface area contributed by atoms with Gasteiger partial charge in [0.05, 0.1) is 17.8 Å². The molecule has 2 amide bonds. The van der Waals surface area contributed by atoms with Crippen molar-refractivity contribution in [1.29, 1.82) is 0 Å². The van der Waals surface area contributed by atoms with Crippen molar-refractivity contribution in [3.8, 4) is 0 Å². The first-order valence-corrected chi connectivity index (χ1v) is 7.93. The first kappa shape index (κ1) is 16.1. The number of hydrogen-bond acceptors (Lipinski definition) is 3. The van der Waals surface area contributed by atoms with Crippen LogP contribution < -0.4 is 10.2 Å². The van der Waals surface area contributed by atoms with Gasteiger partial charge in [0, 0.05) is 14.1 Å². The quantitative estimate of drug-likeness (QED) is 0.943. The van der Waals surface area contributed by atoms with Gasteiger partial charge in [0.2, 0.25) is 5.91 Å². The summed E-state index contributed by atoms with van der Waals surface area (Å²) in [4.78, 5) is 28.6. The first-order chi connectivity index (χ1) is 11.5. The molecule has 0 fully saturated rings. The highest BCUT2D eigenvalue weighted by Gasteiger charge is 2.37. The second kappa shape index (κ2) is 6.35. The molecule has 1 atom stereocenters. The van der Waals surface area contributed by atoms with E-state index in [1.165, 1.54) is 0 Å². The summed E-state index contributed by atoms with van der Waals surface area (Å²) >= 11 is 0. The van der Waals surface area contributed by atoms with Gasteiger partial charge >= 0.3 is 0 Å². The summed E-state index contributed by atoms with van der Waals surface area (Å²) in [5, 5.41) is 2.67. The van der Waals surface area contributed by atoms with Crippen LogP contribution in [0.3, 0.4) is 0 Å². The highest BCUT2D eigenvalue weighted by molar-refractivity contribution is 6.02. The van der Waals surface area contributed by atoms with Gasteiger partial charge in [-0.2, -0.15) is 0 Å². The molecule has 0 saturated carbocycles. The Morgan fingerprint density at radius 1 is 1.12 bits per heavy atom. The van der Waals surface area contributed by atoms with Gasteiger partial charge in [0.15, 0.2) is 0 Å². The Labute approximate surface area is 141 Å². The van der Waals surface area contributed by atoms with Crippen LogP contribution in [0.1, 0.15) is 27.7 Å². The molecule has 5 nitrogen and oxygen atoms in total. The molecule has 0 radical (unpaired) electrons. The van der Waals surface area contributed by atoms with E-state index in [1.54, 1.807) is 25.1 Å². The number of nitrogens with one attached hydrogen (secondary N) is 1. The zero-order valence-corrected chi connectivity index (χ0v) is 14.1. The fourth-order valence-electron chi connectivity index (χ4n) is 3.21. The maximum atomic E-state index is 12.8. The van der Waals surface area contributed by atoms with E-state index in [0.717, 1.165) is 16.8 Å². The largest absolute Gasteiger partial charge is 0.358 e. The Hall–Kier alpha value is -2.82. The lowest BCUT2D eigenvalue weighted by Crippen LogP contribution is -2.50. The van der Waals surface area contributed by atoms with Crippen molar-refractivity contribution in [2.24, 2.45) is 0 Å². The van der Waals surface area contributed by atoms with Crippen molar-refractivity contribution in [2.45, 2.75) is 13.1 Å². The molecule has 0 aromatic heterocycles. The Balaban J connectivity index is 2.16. The van der Waals surface area contributed by atoms with Crippen molar-refractivity contribution in [2.75, 3.05) is 25.5 Å². The second-order valence-corrected chi connectivity index (χ2v) is 5.96.